The van der Waals surface area contributed by atoms with Crippen LogP contribution in [0, 0.1) is 5.92 Å². The van der Waals surface area contributed by atoms with E-state index >= 15 is 0 Å². The Morgan fingerprint density at radius 2 is 2.00 bits per heavy atom. The third-order valence-corrected chi connectivity index (χ3v) is 4.58. The quantitative estimate of drug-likeness (QED) is 0.906. The second-order valence-electron chi connectivity index (χ2n) is 6.06. The van der Waals surface area contributed by atoms with Crippen molar-refractivity contribution in [3.8, 4) is 11.5 Å². The molecular formula is C17H28N2O2. The molecule has 2 rings (SSSR count). The first-order chi connectivity index (χ1) is 10.1. The van der Waals surface area contributed by atoms with Crippen molar-refractivity contribution in [3.05, 3.63) is 23.8 Å². The predicted octanol–water partition coefficient (Wildman–Crippen LogP) is 2.82. The average Bonchev–Trinajstić information content (AvgIpc) is 2.51. The van der Waals surface area contributed by atoms with E-state index in [9.17, 15) is 0 Å². The number of methoxy groups -OCH3 is 2. The molecule has 118 valence electrons. The van der Waals surface area contributed by atoms with Gasteiger partial charge in [-0.2, -0.15) is 0 Å². The summed E-state index contributed by atoms with van der Waals surface area (Å²) in [5, 5.41) is 0. The van der Waals surface area contributed by atoms with Crippen molar-refractivity contribution in [1.82, 2.24) is 4.90 Å². The van der Waals surface area contributed by atoms with Crippen LogP contribution in [0.5, 0.6) is 11.5 Å². The highest BCUT2D eigenvalue weighted by Gasteiger charge is 2.31. The van der Waals surface area contributed by atoms with Crippen molar-refractivity contribution in [2.24, 2.45) is 11.7 Å². The molecule has 0 radical (unpaired) electrons. The Labute approximate surface area is 128 Å². The van der Waals surface area contributed by atoms with Crippen LogP contribution in [0.25, 0.3) is 0 Å². The summed E-state index contributed by atoms with van der Waals surface area (Å²) >= 11 is 0. The van der Waals surface area contributed by atoms with Gasteiger partial charge in [-0.05, 0) is 31.7 Å². The van der Waals surface area contributed by atoms with Crippen molar-refractivity contribution < 1.29 is 9.47 Å². The third kappa shape index (κ3) is 3.33. The molecule has 2 N–H and O–H groups in total. The fraction of sp³-hybridized carbons (Fsp3) is 0.647. The molecule has 4 nitrogen and oxygen atoms in total. The lowest BCUT2D eigenvalue weighted by atomic mass is 9.91. The zero-order valence-corrected chi connectivity index (χ0v) is 13.6. The summed E-state index contributed by atoms with van der Waals surface area (Å²) in [7, 11) is 3.36. The lowest BCUT2D eigenvalue weighted by Crippen LogP contribution is -2.45. The molecule has 0 aliphatic carbocycles. The van der Waals surface area contributed by atoms with Crippen LogP contribution >= 0.6 is 0 Å². The largest absolute Gasteiger partial charge is 0.493 e. The maximum absolute atomic E-state index is 6.12. The van der Waals surface area contributed by atoms with Crippen molar-refractivity contribution in [1.29, 1.82) is 0 Å². The summed E-state index contributed by atoms with van der Waals surface area (Å²) in [4.78, 5) is 2.52. The van der Waals surface area contributed by atoms with Crippen LogP contribution < -0.4 is 15.2 Å². The Morgan fingerprint density at radius 1 is 1.24 bits per heavy atom. The maximum Gasteiger partial charge on any atom is 0.165 e. The second-order valence-corrected chi connectivity index (χ2v) is 6.06. The number of ether oxygens (including phenoxy) is 2. The molecule has 1 fully saturated rings. The molecule has 0 spiro atoms. The molecule has 1 saturated heterocycles. The van der Waals surface area contributed by atoms with Crippen LogP contribution in [0.15, 0.2) is 18.2 Å². The van der Waals surface area contributed by atoms with Gasteiger partial charge in [-0.1, -0.05) is 19.1 Å². The van der Waals surface area contributed by atoms with Gasteiger partial charge in [0.2, 0.25) is 0 Å². The number of nitrogens with zero attached hydrogens (tertiary/aromatic N) is 1. The first kappa shape index (κ1) is 16.1. The minimum absolute atomic E-state index is 0.174. The van der Waals surface area contributed by atoms with Gasteiger partial charge in [0.25, 0.3) is 0 Å². The van der Waals surface area contributed by atoms with E-state index in [-0.39, 0.29) is 6.04 Å². The molecule has 1 heterocycles. The highest BCUT2D eigenvalue weighted by Crippen LogP contribution is 2.39. The maximum atomic E-state index is 6.12. The summed E-state index contributed by atoms with van der Waals surface area (Å²) in [5.41, 5.74) is 7.25. The SMILES string of the molecule is COc1cccc(C(CN)N2CC(C)CCC2C)c1OC. The van der Waals surface area contributed by atoms with Gasteiger partial charge in [0, 0.05) is 24.7 Å². The first-order valence-corrected chi connectivity index (χ1v) is 7.79. The summed E-state index contributed by atoms with van der Waals surface area (Å²) in [6.07, 6.45) is 2.52. The molecule has 4 heteroatoms. The molecule has 3 atom stereocenters. The fourth-order valence-corrected chi connectivity index (χ4v) is 3.37. The number of para-hydroxylation sites is 1. The smallest absolute Gasteiger partial charge is 0.165 e. The van der Waals surface area contributed by atoms with Crippen LogP contribution in [0.3, 0.4) is 0 Å². The van der Waals surface area contributed by atoms with Gasteiger partial charge in [-0.15, -0.1) is 0 Å². The average molecular weight is 292 g/mol. The van der Waals surface area contributed by atoms with E-state index in [1.807, 2.05) is 12.1 Å². The highest BCUT2D eigenvalue weighted by atomic mass is 16.5. The lowest BCUT2D eigenvalue weighted by molar-refractivity contribution is 0.0784. The normalized spacial score (nSPS) is 24.6. The molecule has 1 aliphatic rings. The standard InChI is InChI=1S/C17H28N2O2/c1-12-8-9-13(2)19(11-12)15(10-18)14-6-5-7-16(20-3)17(14)21-4/h5-7,12-13,15H,8-11,18H2,1-4H3. The Morgan fingerprint density at radius 3 is 2.62 bits per heavy atom. The number of likely N-dealkylation sites (tertiary alicyclic amines) is 1. The van der Waals surface area contributed by atoms with Gasteiger partial charge in [0.05, 0.1) is 20.3 Å². The van der Waals surface area contributed by atoms with Crippen molar-refractivity contribution in [2.45, 2.75) is 38.8 Å². The minimum Gasteiger partial charge on any atom is -0.493 e. The number of benzene rings is 1. The number of rotatable bonds is 5. The minimum atomic E-state index is 0.174. The molecule has 1 aliphatic heterocycles. The second kappa shape index (κ2) is 7.14. The van der Waals surface area contributed by atoms with Gasteiger partial charge < -0.3 is 15.2 Å². The molecule has 0 bridgehead atoms. The fourth-order valence-electron chi connectivity index (χ4n) is 3.37. The molecule has 0 amide bonds. The summed E-state index contributed by atoms with van der Waals surface area (Å²) in [6, 6.07) is 6.76. The number of hydrogen-bond donors (Lipinski definition) is 1. The zero-order chi connectivity index (χ0) is 15.4. The number of hydrogen-bond acceptors (Lipinski definition) is 4. The van der Waals surface area contributed by atoms with E-state index in [1.165, 1.54) is 12.8 Å². The van der Waals surface area contributed by atoms with E-state index in [0.717, 1.165) is 23.6 Å². The van der Waals surface area contributed by atoms with Crippen LogP contribution in [0.2, 0.25) is 0 Å². The number of piperidine rings is 1. The van der Waals surface area contributed by atoms with Gasteiger partial charge in [-0.3, -0.25) is 4.90 Å². The van der Waals surface area contributed by atoms with Crippen LogP contribution in [-0.2, 0) is 0 Å². The third-order valence-electron chi connectivity index (χ3n) is 4.58. The Balaban J connectivity index is 2.36. The molecule has 1 aromatic carbocycles. The van der Waals surface area contributed by atoms with Crippen molar-refractivity contribution in [2.75, 3.05) is 27.3 Å². The summed E-state index contributed by atoms with van der Waals surface area (Å²) < 4.78 is 11.0. The van der Waals surface area contributed by atoms with Gasteiger partial charge >= 0.3 is 0 Å². The highest BCUT2D eigenvalue weighted by molar-refractivity contribution is 5.48. The molecular weight excluding hydrogens is 264 g/mol. The Hall–Kier alpha value is -1.26. The van der Waals surface area contributed by atoms with Crippen LogP contribution in [0.1, 0.15) is 38.3 Å². The van der Waals surface area contributed by atoms with E-state index in [4.69, 9.17) is 15.2 Å². The molecule has 3 unspecified atom stereocenters. The lowest BCUT2D eigenvalue weighted by Gasteiger charge is -2.42. The summed E-state index contributed by atoms with van der Waals surface area (Å²) in [6.45, 7) is 6.28. The first-order valence-electron chi connectivity index (χ1n) is 7.79. The topological polar surface area (TPSA) is 47.7 Å². The monoisotopic (exact) mass is 292 g/mol. The molecule has 1 aromatic rings. The van der Waals surface area contributed by atoms with Crippen LogP contribution in [-0.4, -0.2) is 38.3 Å². The predicted molar refractivity (Wildman–Crippen MR) is 85.9 cm³/mol. The van der Waals surface area contributed by atoms with Gasteiger partial charge in [-0.25, -0.2) is 0 Å². The van der Waals surface area contributed by atoms with E-state index in [2.05, 4.69) is 24.8 Å². The Kier molecular flexibility index (Phi) is 5.48. The van der Waals surface area contributed by atoms with E-state index < -0.39 is 0 Å². The zero-order valence-electron chi connectivity index (χ0n) is 13.6. The molecule has 0 aromatic heterocycles. The Bertz CT molecular complexity index is 464. The van der Waals surface area contributed by atoms with Gasteiger partial charge in [0.1, 0.15) is 0 Å². The van der Waals surface area contributed by atoms with Crippen molar-refractivity contribution in [3.63, 3.8) is 0 Å². The van der Waals surface area contributed by atoms with Crippen LogP contribution in [0.4, 0.5) is 0 Å². The van der Waals surface area contributed by atoms with Gasteiger partial charge in [0.15, 0.2) is 11.5 Å². The van der Waals surface area contributed by atoms with Crippen molar-refractivity contribution >= 4 is 0 Å². The van der Waals surface area contributed by atoms with E-state index in [1.54, 1.807) is 14.2 Å². The number of nitrogens with two attached hydrogens (primary N) is 1. The molecule has 21 heavy (non-hydrogen) atoms. The summed E-state index contributed by atoms with van der Waals surface area (Å²) in [5.74, 6) is 2.29. The van der Waals surface area contributed by atoms with E-state index in [0.29, 0.717) is 18.5 Å². The molecule has 0 saturated carbocycles.